The Morgan fingerprint density at radius 3 is 2.75 bits per heavy atom. The molecule has 1 aliphatic rings. The quantitative estimate of drug-likeness (QED) is 0.847. The summed E-state index contributed by atoms with van der Waals surface area (Å²) >= 11 is 0. The third-order valence-corrected chi connectivity index (χ3v) is 2.92. The first-order chi connectivity index (χ1) is 7.75. The predicted molar refractivity (Wildman–Crippen MR) is 63.5 cm³/mol. The lowest BCUT2D eigenvalue weighted by atomic mass is 10.1. The highest BCUT2D eigenvalue weighted by Gasteiger charge is 2.16. The van der Waals surface area contributed by atoms with Gasteiger partial charge in [-0.3, -0.25) is 0 Å². The van der Waals surface area contributed by atoms with E-state index >= 15 is 0 Å². The summed E-state index contributed by atoms with van der Waals surface area (Å²) in [5.41, 5.74) is 6.92. The molecule has 2 rings (SSSR count). The maximum Gasteiger partial charge on any atom is 0.119 e. The Hall–Kier alpha value is -1.06. The molecule has 88 valence electrons. The van der Waals surface area contributed by atoms with Gasteiger partial charge in [0.1, 0.15) is 5.75 Å². The van der Waals surface area contributed by atoms with Crippen LogP contribution in [0.5, 0.6) is 5.75 Å². The van der Waals surface area contributed by atoms with Crippen LogP contribution in [0.1, 0.15) is 24.9 Å². The highest BCUT2D eigenvalue weighted by molar-refractivity contribution is 5.28. The van der Waals surface area contributed by atoms with Gasteiger partial charge in [-0.15, -0.1) is 0 Å². The minimum atomic E-state index is 0.0808. The number of ether oxygens (including phenoxy) is 2. The molecule has 0 aliphatic carbocycles. The molecule has 0 aromatic heterocycles. The third-order valence-electron chi connectivity index (χ3n) is 2.92. The van der Waals surface area contributed by atoms with Gasteiger partial charge in [-0.25, -0.2) is 0 Å². The standard InChI is InChI=1S/C13H19NO2/c1-10(14)12-2-4-13(5-3-12)16-9-11-6-7-15-8-11/h2-5,10-11H,6-9,14H2,1H3/t10-,11?/m1/s1. The van der Waals surface area contributed by atoms with E-state index in [1.165, 1.54) is 0 Å². The van der Waals surface area contributed by atoms with Crippen LogP contribution in [0.4, 0.5) is 0 Å². The van der Waals surface area contributed by atoms with E-state index in [9.17, 15) is 0 Å². The van der Waals surface area contributed by atoms with Crippen molar-refractivity contribution < 1.29 is 9.47 Å². The van der Waals surface area contributed by atoms with E-state index in [0.29, 0.717) is 5.92 Å². The lowest BCUT2D eigenvalue weighted by molar-refractivity contribution is 0.167. The Kier molecular flexibility index (Phi) is 3.80. The van der Waals surface area contributed by atoms with Gasteiger partial charge in [-0.05, 0) is 31.0 Å². The van der Waals surface area contributed by atoms with Crippen LogP contribution in [0, 0.1) is 5.92 Å². The molecule has 1 heterocycles. The molecule has 0 amide bonds. The van der Waals surface area contributed by atoms with E-state index in [-0.39, 0.29) is 6.04 Å². The van der Waals surface area contributed by atoms with Crippen LogP contribution in [0.2, 0.25) is 0 Å². The minimum absolute atomic E-state index is 0.0808. The smallest absolute Gasteiger partial charge is 0.119 e. The maximum atomic E-state index is 5.78. The topological polar surface area (TPSA) is 44.5 Å². The highest BCUT2D eigenvalue weighted by atomic mass is 16.5. The number of nitrogens with two attached hydrogens (primary N) is 1. The zero-order valence-corrected chi connectivity index (χ0v) is 9.69. The Morgan fingerprint density at radius 1 is 1.44 bits per heavy atom. The van der Waals surface area contributed by atoms with Crippen molar-refractivity contribution >= 4 is 0 Å². The van der Waals surface area contributed by atoms with Gasteiger partial charge in [-0.2, -0.15) is 0 Å². The summed E-state index contributed by atoms with van der Waals surface area (Å²) in [6, 6.07) is 8.08. The van der Waals surface area contributed by atoms with E-state index in [2.05, 4.69) is 0 Å². The fourth-order valence-electron chi connectivity index (χ4n) is 1.80. The summed E-state index contributed by atoms with van der Waals surface area (Å²) in [4.78, 5) is 0. The van der Waals surface area contributed by atoms with Crippen LogP contribution in [-0.2, 0) is 4.74 Å². The van der Waals surface area contributed by atoms with Gasteiger partial charge >= 0.3 is 0 Å². The summed E-state index contributed by atoms with van der Waals surface area (Å²) in [5, 5.41) is 0. The summed E-state index contributed by atoms with van der Waals surface area (Å²) in [6.07, 6.45) is 1.11. The van der Waals surface area contributed by atoms with Crippen LogP contribution in [0.25, 0.3) is 0 Å². The van der Waals surface area contributed by atoms with Crippen LogP contribution < -0.4 is 10.5 Å². The van der Waals surface area contributed by atoms with Crippen LogP contribution in [0.15, 0.2) is 24.3 Å². The lowest BCUT2D eigenvalue weighted by Gasteiger charge is -2.11. The summed E-state index contributed by atoms with van der Waals surface area (Å²) < 4.78 is 11.0. The normalized spacial score (nSPS) is 22.0. The Labute approximate surface area is 96.5 Å². The second kappa shape index (κ2) is 5.32. The molecular weight excluding hydrogens is 202 g/mol. The number of hydrogen-bond acceptors (Lipinski definition) is 3. The van der Waals surface area contributed by atoms with E-state index in [4.69, 9.17) is 15.2 Å². The first-order valence-electron chi connectivity index (χ1n) is 5.82. The molecule has 0 bridgehead atoms. The first kappa shape index (κ1) is 11.4. The van der Waals surface area contributed by atoms with Crippen LogP contribution >= 0.6 is 0 Å². The predicted octanol–water partition coefficient (Wildman–Crippen LogP) is 2.12. The van der Waals surface area contributed by atoms with Gasteiger partial charge in [0.2, 0.25) is 0 Å². The third kappa shape index (κ3) is 2.97. The Balaban J connectivity index is 1.84. The van der Waals surface area contributed by atoms with Gasteiger partial charge in [0, 0.05) is 18.6 Å². The molecule has 16 heavy (non-hydrogen) atoms. The number of hydrogen-bond donors (Lipinski definition) is 1. The molecule has 1 fully saturated rings. The molecule has 1 aromatic carbocycles. The SMILES string of the molecule is C[C@@H](N)c1ccc(OCC2CCOC2)cc1. The molecule has 1 aromatic rings. The van der Waals surface area contributed by atoms with Crippen molar-refractivity contribution in [1.29, 1.82) is 0 Å². The second-order valence-corrected chi connectivity index (χ2v) is 4.40. The molecule has 2 N–H and O–H groups in total. The maximum absolute atomic E-state index is 5.78. The summed E-state index contributed by atoms with van der Waals surface area (Å²) in [6.45, 7) is 4.43. The zero-order chi connectivity index (χ0) is 11.4. The zero-order valence-electron chi connectivity index (χ0n) is 9.69. The van der Waals surface area contributed by atoms with Crippen LogP contribution in [-0.4, -0.2) is 19.8 Å². The van der Waals surface area contributed by atoms with Crippen molar-refractivity contribution in [3.05, 3.63) is 29.8 Å². The highest BCUT2D eigenvalue weighted by Crippen LogP contribution is 2.18. The second-order valence-electron chi connectivity index (χ2n) is 4.40. The van der Waals surface area contributed by atoms with Crippen LogP contribution in [0.3, 0.4) is 0 Å². The molecule has 0 radical (unpaired) electrons. The van der Waals surface area contributed by atoms with Gasteiger partial charge < -0.3 is 15.2 Å². The number of benzene rings is 1. The molecule has 1 aliphatic heterocycles. The molecule has 2 atom stereocenters. The minimum Gasteiger partial charge on any atom is -0.493 e. The summed E-state index contributed by atoms with van der Waals surface area (Å²) in [5.74, 6) is 1.46. The molecule has 3 nitrogen and oxygen atoms in total. The van der Waals surface area contributed by atoms with Crippen molar-refractivity contribution in [3.8, 4) is 5.75 Å². The van der Waals surface area contributed by atoms with E-state index in [1.807, 2.05) is 31.2 Å². The van der Waals surface area contributed by atoms with Gasteiger partial charge in [-0.1, -0.05) is 12.1 Å². The van der Waals surface area contributed by atoms with Crippen molar-refractivity contribution in [3.63, 3.8) is 0 Å². The molecule has 1 saturated heterocycles. The molecular formula is C13H19NO2. The van der Waals surface area contributed by atoms with Crippen molar-refractivity contribution in [2.45, 2.75) is 19.4 Å². The fourth-order valence-corrected chi connectivity index (χ4v) is 1.80. The monoisotopic (exact) mass is 221 g/mol. The fraction of sp³-hybridized carbons (Fsp3) is 0.538. The first-order valence-corrected chi connectivity index (χ1v) is 5.82. The molecule has 0 spiro atoms. The summed E-state index contributed by atoms with van der Waals surface area (Å²) in [7, 11) is 0. The van der Waals surface area contributed by atoms with Crippen molar-refractivity contribution in [2.75, 3.05) is 19.8 Å². The molecule has 1 unspecified atom stereocenters. The number of rotatable bonds is 4. The van der Waals surface area contributed by atoms with E-state index < -0.39 is 0 Å². The Morgan fingerprint density at radius 2 is 2.19 bits per heavy atom. The molecule has 0 saturated carbocycles. The van der Waals surface area contributed by atoms with E-state index in [0.717, 1.165) is 37.6 Å². The van der Waals surface area contributed by atoms with Crippen molar-refractivity contribution in [1.82, 2.24) is 0 Å². The average molecular weight is 221 g/mol. The van der Waals surface area contributed by atoms with E-state index in [1.54, 1.807) is 0 Å². The average Bonchev–Trinajstić information content (AvgIpc) is 2.80. The molecule has 3 heteroatoms. The van der Waals surface area contributed by atoms with Gasteiger partial charge in [0.15, 0.2) is 0 Å². The largest absolute Gasteiger partial charge is 0.493 e. The lowest BCUT2D eigenvalue weighted by Crippen LogP contribution is -2.11. The van der Waals surface area contributed by atoms with Gasteiger partial charge in [0.25, 0.3) is 0 Å². The van der Waals surface area contributed by atoms with Gasteiger partial charge in [0.05, 0.1) is 13.2 Å². The Bertz CT molecular complexity index is 315. The van der Waals surface area contributed by atoms with Crippen molar-refractivity contribution in [2.24, 2.45) is 11.7 Å².